The fourth-order valence-electron chi connectivity index (χ4n) is 3.53. The van der Waals surface area contributed by atoms with E-state index in [1.165, 1.54) is 36.8 Å². The molecule has 1 fully saturated rings. The number of aryl methyl sites for hydroxylation is 1. The minimum absolute atomic E-state index is 0.721. The summed E-state index contributed by atoms with van der Waals surface area (Å²) in [5.41, 5.74) is 2.98. The molecule has 0 spiro atoms. The molecule has 0 saturated heterocycles. The Morgan fingerprint density at radius 1 is 1.11 bits per heavy atom. The molecule has 0 bridgehead atoms. The van der Waals surface area contributed by atoms with E-state index in [1.54, 1.807) is 0 Å². The molecule has 2 atom stereocenters. The Bertz CT molecular complexity index is 383. The van der Waals surface area contributed by atoms with Crippen molar-refractivity contribution in [1.82, 2.24) is 5.32 Å². The fourth-order valence-corrected chi connectivity index (χ4v) is 3.53. The lowest BCUT2D eigenvalue weighted by molar-refractivity contribution is 0.204. The van der Waals surface area contributed by atoms with E-state index in [-0.39, 0.29) is 0 Å². The third-order valence-electron chi connectivity index (χ3n) is 4.73. The van der Waals surface area contributed by atoms with Crippen molar-refractivity contribution in [3.8, 4) is 0 Å². The first-order valence-corrected chi connectivity index (χ1v) is 8.02. The molecule has 106 valence electrons. The van der Waals surface area contributed by atoms with Gasteiger partial charge in [0, 0.05) is 12.6 Å². The van der Waals surface area contributed by atoms with Crippen molar-refractivity contribution in [3.63, 3.8) is 0 Å². The number of nitrogens with one attached hydrogen (secondary N) is 1. The van der Waals surface area contributed by atoms with Crippen LogP contribution in [0.2, 0.25) is 0 Å². The molecule has 1 aliphatic rings. The Kier molecular flexibility index (Phi) is 5.45. The summed E-state index contributed by atoms with van der Waals surface area (Å²) >= 11 is 0. The first kappa shape index (κ1) is 14.6. The molecule has 0 amide bonds. The second kappa shape index (κ2) is 7.09. The number of hydrogen-bond donors (Lipinski definition) is 1. The maximum absolute atomic E-state index is 3.84. The van der Waals surface area contributed by atoms with Crippen molar-refractivity contribution in [3.05, 3.63) is 35.4 Å². The predicted molar refractivity (Wildman–Crippen MR) is 83.2 cm³/mol. The van der Waals surface area contributed by atoms with E-state index >= 15 is 0 Å². The van der Waals surface area contributed by atoms with Gasteiger partial charge in [-0.2, -0.15) is 0 Å². The van der Waals surface area contributed by atoms with E-state index in [2.05, 4.69) is 50.4 Å². The minimum atomic E-state index is 0.721. The van der Waals surface area contributed by atoms with E-state index in [4.69, 9.17) is 0 Å². The van der Waals surface area contributed by atoms with E-state index in [1.807, 2.05) is 0 Å². The van der Waals surface area contributed by atoms with Crippen LogP contribution in [0.3, 0.4) is 0 Å². The summed E-state index contributed by atoms with van der Waals surface area (Å²) in [5.74, 6) is 1.67. The van der Waals surface area contributed by atoms with Crippen molar-refractivity contribution in [2.75, 3.05) is 0 Å². The molecule has 0 aliphatic heterocycles. The van der Waals surface area contributed by atoms with Crippen molar-refractivity contribution >= 4 is 0 Å². The second-order valence-corrected chi connectivity index (χ2v) is 6.30. The SMILES string of the molecule is CCc1ccccc1CNC1CCCCC1C(C)C. The van der Waals surface area contributed by atoms with Crippen LogP contribution in [0.4, 0.5) is 0 Å². The number of hydrogen-bond acceptors (Lipinski definition) is 1. The predicted octanol–water partition coefficient (Wildman–Crippen LogP) is 4.55. The lowest BCUT2D eigenvalue weighted by atomic mass is 9.78. The Labute approximate surface area is 118 Å². The van der Waals surface area contributed by atoms with Gasteiger partial charge in [0.1, 0.15) is 0 Å². The molecule has 0 aromatic heterocycles. The van der Waals surface area contributed by atoms with Gasteiger partial charge in [-0.1, -0.05) is 57.9 Å². The molecule has 0 heterocycles. The summed E-state index contributed by atoms with van der Waals surface area (Å²) in [7, 11) is 0. The summed E-state index contributed by atoms with van der Waals surface area (Å²) in [6.07, 6.45) is 6.72. The fraction of sp³-hybridized carbons (Fsp3) is 0.667. The average Bonchev–Trinajstić information content (AvgIpc) is 2.45. The van der Waals surface area contributed by atoms with Crippen molar-refractivity contribution in [1.29, 1.82) is 0 Å². The second-order valence-electron chi connectivity index (χ2n) is 6.30. The van der Waals surface area contributed by atoms with E-state index in [9.17, 15) is 0 Å². The molecule has 2 unspecified atom stereocenters. The van der Waals surface area contributed by atoms with Crippen LogP contribution in [-0.2, 0) is 13.0 Å². The monoisotopic (exact) mass is 259 g/mol. The Morgan fingerprint density at radius 2 is 1.79 bits per heavy atom. The maximum atomic E-state index is 3.84. The molecule has 1 aromatic rings. The Balaban J connectivity index is 1.96. The quantitative estimate of drug-likeness (QED) is 0.817. The van der Waals surface area contributed by atoms with Crippen LogP contribution in [0.5, 0.6) is 0 Å². The van der Waals surface area contributed by atoms with Gasteiger partial charge < -0.3 is 5.32 Å². The van der Waals surface area contributed by atoms with Gasteiger partial charge in [-0.25, -0.2) is 0 Å². The molecule has 1 N–H and O–H groups in total. The smallest absolute Gasteiger partial charge is 0.0210 e. The highest BCUT2D eigenvalue weighted by Crippen LogP contribution is 2.30. The van der Waals surface area contributed by atoms with Crippen LogP contribution in [0.1, 0.15) is 57.6 Å². The van der Waals surface area contributed by atoms with E-state index < -0.39 is 0 Å². The van der Waals surface area contributed by atoms with Crippen LogP contribution >= 0.6 is 0 Å². The van der Waals surface area contributed by atoms with Gasteiger partial charge in [-0.3, -0.25) is 0 Å². The first-order chi connectivity index (χ1) is 9.22. The molecule has 1 heteroatoms. The lowest BCUT2D eigenvalue weighted by Crippen LogP contribution is -2.40. The van der Waals surface area contributed by atoms with Gasteiger partial charge in [-0.05, 0) is 42.2 Å². The molecule has 1 aromatic carbocycles. The van der Waals surface area contributed by atoms with Gasteiger partial charge in [0.15, 0.2) is 0 Å². The zero-order valence-corrected chi connectivity index (χ0v) is 12.8. The maximum Gasteiger partial charge on any atom is 0.0210 e. The van der Waals surface area contributed by atoms with Crippen LogP contribution in [-0.4, -0.2) is 6.04 Å². The topological polar surface area (TPSA) is 12.0 Å². The molecule has 2 rings (SSSR count). The van der Waals surface area contributed by atoms with Crippen LogP contribution in [0, 0.1) is 11.8 Å². The highest BCUT2D eigenvalue weighted by atomic mass is 14.9. The van der Waals surface area contributed by atoms with Gasteiger partial charge in [0.05, 0.1) is 0 Å². The summed E-state index contributed by atoms with van der Waals surface area (Å²) in [6.45, 7) is 8.05. The standard InChI is InChI=1S/C18H29N/c1-4-15-9-5-6-10-16(15)13-19-18-12-8-7-11-17(18)14(2)3/h5-6,9-10,14,17-19H,4,7-8,11-13H2,1-3H3. The van der Waals surface area contributed by atoms with Crippen molar-refractivity contribution < 1.29 is 0 Å². The Hall–Kier alpha value is -0.820. The highest BCUT2D eigenvalue weighted by Gasteiger charge is 2.26. The summed E-state index contributed by atoms with van der Waals surface area (Å²) in [4.78, 5) is 0. The average molecular weight is 259 g/mol. The normalized spacial score (nSPS) is 23.8. The summed E-state index contributed by atoms with van der Waals surface area (Å²) in [6, 6.07) is 9.58. The molecule has 1 saturated carbocycles. The first-order valence-electron chi connectivity index (χ1n) is 8.02. The zero-order chi connectivity index (χ0) is 13.7. The van der Waals surface area contributed by atoms with Crippen LogP contribution in [0.25, 0.3) is 0 Å². The minimum Gasteiger partial charge on any atom is -0.310 e. The third-order valence-corrected chi connectivity index (χ3v) is 4.73. The molecule has 19 heavy (non-hydrogen) atoms. The van der Waals surface area contributed by atoms with Crippen molar-refractivity contribution in [2.24, 2.45) is 11.8 Å². The van der Waals surface area contributed by atoms with E-state index in [0.717, 1.165) is 30.8 Å². The van der Waals surface area contributed by atoms with Crippen LogP contribution in [0.15, 0.2) is 24.3 Å². The van der Waals surface area contributed by atoms with Gasteiger partial charge in [-0.15, -0.1) is 0 Å². The van der Waals surface area contributed by atoms with Gasteiger partial charge in [0.2, 0.25) is 0 Å². The molecule has 1 aliphatic carbocycles. The summed E-state index contributed by atoms with van der Waals surface area (Å²) < 4.78 is 0. The molecular formula is C18H29N. The largest absolute Gasteiger partial charge is 0.310 e. The van der Waals surface area contributed by atoms with Crippen LogP contribution < -0.4 is 5.32 Å². The van der Waals surface area contributed by atoms with Crippen molar-refractivity contribution in [2.45, 2.75) is 65.5 Å². The number of benzene rings is 1. The van der Waals surface area contributed by atoms with E-state index in [0.29, 0.717) is 0 Å². The Morgan fingerprint density at radius 3 is 2.47 bits per heavy atom. The molecular weight excluding hydrogens is 230 g/mol. The number of rotatable bonds is 5. The zero-order valence-electron chi connectivity index (χ0n) is 12.8. The molecule has 0 radical (unpaired) electrons. The third kappa shape index (κ3) is 3.82. The van der Waals surface area contributed by atoms with Gasteiger partial charge in [0.25, 0.3) is 0 Å². The summed E-state index contributed by atoms with van der Waals surface area (Å²) in [5, 5.41) is 3.84. The van der Waals surface area contributed by atoms with Gasteiger partial charge >= 0.3 is 0 Å². The molecule has 1 nitrogen and oxygen atoms in total. The lowest BCUT2D eigenvalue weighted by Gasteiger charge is -2.35. The highest BCUT2D eigenvalue weighted by molar-refractivity contribution is 5.26.